The molecular weight excluding hydrogens is 360 g/mol. The lowest BCUT2D eigenvalue weighted by Crippen LogP contribution is -2.49. The van der Waals surface area contributed by atoms with Gasteiger partial charge < -0.3 is 4.90 Å². The fourth-order valence-corrected chi connectivity index (χ4v) is 4.99. The van der Waals surface area contributed by atoms with Gasteiger partial charge in [0.2, 0.25) is 5.91 Å². The molecule has 0 N–H and O–H groups in total. The summed E-state index contributed by atoms with van der Waals surface area (Å²) < 4.78 is 1.43. The van der Waals surface area contributed by atoms with Crippen LogP contribution >= 0.6 is 11.3 Å². The van der Waals surface area contributed by atoms with Gasteiger partial charge in [-0.2, -0.15) is 0 Å². The summed E-state index contributed by atoms with van der Waals surface area (Å²) in [6, 6.07) is 2.80. The number of hydrogen-bond donors (Lipinski definition) is 0. The van der Waals surface area contributed by atoms with E-state index in [-0.39, 0.29) is 18.0 Å². The normalized spacial score (nSPS) is 18.5. The predicted octanol–water partition coefficient (Wildman–Crippen LogP) is 1.97. The molecule has 144 valence electrons. The summed E-state index contributed by atoms with van der Waals surface area (Å²) in [4.78, 5) is 35.2. The van der Waals surface area contributed by atoms with Crippen LogP contribution in [0.1, 0.15) is 34.5 Å². The number of hydrogen-bond acceptors (Lipinski definition) is 5. The van der Waals surface area contributed by atoms with Crippen LogP contribution in [0.2, 0.25) is 0 Å². The summed E-state index contributed by atoms with van der Waals surface area (Å²) in [6.07, 6.45) is 4.65. The van der Waals surface area contributed by atoms with Crippen molar-refractivity contribution < 1.29 is 4.79 Å². The smallest absolute Gasteiger partial charge is 0.256 e. The molecule has 2 aromatic heterocycles. The van der Waals surface area contributed by atoms with Crippen molar-refractivity contribution in [3.05, 3.63) is 49.8 Å². The second kappa shape index (κ2) is 7.56. The largest absolute Gasteiger partial charge is 0.341 e. The van der Waals surface area contributed by atoms with Crippen LogP contribution < -0.4 is 5.56 Å². The number of amides is 1. The number of carbonyl (C=O) groups is 1. The van der Waals surface area contributed by atoms with Crippen LogP contribution in [-0.2, 0) is 24.3 Å². The fraction of sp³-hybridized carbons (Fsp3) is 0.550. The lowest BCUT2D eigenvalue weighted by atomic mass is 9.99. The molecule has 2 aromatic rings. The number of rotatable bonds is 3. The summed E-state index contributed by atoms with van der Waals surface area (Å²) in [5.74, 6) is 0.0133. The van der Waals surface area contributed by atoms with Gasteiger partial charge in [0.1, 0.15) is 6.54 Å². The van der Waals surface area contributed by atoms with E-state index < -0.39 is 0 Å². The number of nitrogens with zero attached hydrogens (tertiary/aromatic N) is 4. The molecule has 1 saturated heterocycles. The van der Waals surface area contributed by atoms with Gasteiger partial charge in [-0.25, -0.2) is 4.98 Å². The first-order valence-corrected chi connectivity index (χ1v) is 10.5. The van der Waals surface area contributed by atoms with Crippen LogP contribution in [0.25, 0.3) is 0 Å². The first kappa shape index (κ1) is 18.4. The molecule has 0 spiro atoms. The fourth-order valence-electron chi connectivity index (χ4n) is 4.10. The molecule has 0 unspecified atom stereocenters. The van der Waals surface area contributed by atoms with Gasteiger partial charge in [-0.05, 0) is 50.1 Å². The van der Waals surface area contributed by atoms with E-state index in [1.54, 1.807) is 6.92 Å². The summed E-state index contributed by atoms with van der Waals surface area (Å²) >= 11 is 1.87. The minimum Gasteiger partial charge on any atom is -0.341 e. The zero-order valence-electron chi connectivity index (χ0n) is 16.0. The zero-order chi connectivity index (χ0) is 19.0. The monoisotopic (exact) mass is 386 g/mol. The standard InChI is InChI=1S/C20H26N4O2S/c1-14-15(2)21-13-24(20(14)26)12-19(25)22-7-3-17(4-8-22)23-9-5-18-16(11-23)6-10-27-18/h6,10,13,17H,3-5,7-9,11-12H2,1-2H3. The van der Waals surface area contributed by atoms with Crippen LogP contribution in [0.15, 0.2) is 22.6 Å². The Morgan fingerprint density at radius 1 is 1.26 bits per heavy atom. The molecule has 2 aliphatic rings. The van der Waals surface area contributed by atoms with Gasteiger partial charge >= 0.3 is 0 Å². The van der Waals surface area contributed by atoms with E-state index in [0.717, 1.165) is 51.1 Å². The van der Waals surface area contributed by atoms with Crippen molar-refractivity contribution in [2.45, 2.75) is 52.2 Å². The maximum atomic E-state index is 12.7. The van der Waals surface area contributed by atoms with E-state index in [1.165, 1.54) is 21.3 Å². The zero-order valence-corrected chi connectivity index (χ0v) is 16.8. The number of piperidine rings is 1. The molecule has 0 atom stereocenters. The van der Waals surface area contributed by atoms with Crippen molar-refractivity contribution in [3.63, 3.8) is 0 Å². The van der Waals surface area contributed by atoms with Crippen molar-refractivity contribution in [1.82, 2.24) is 19.4 Å². The van der Waals surface area contributed by atoms with Gasteiger partial charge in [0.25, 0.3) is 5.56 Å². The maximum absolute atomic E-state index is 12.7. The third-order valence-electron chi connectivity index (χ3n) is 5.99. The van der Waals surface area contributed by atoms with Crippen LogP contribution in [-0.4, -0.2) is 50.9 Å². The second-order valence-electron chi connectivity index (χ2n) is 7.59. The number of carbonyl (C=O) groups excluding carboxylic acids is 1. The maximum Gasteiger partial charge on any atom is 0.256 e. The third-order valence-corrected chi connectivity index (χ3v) is 7.01. The Morgan fingerprint density at radius 2 is 2.04 bits per heavy atom. The molecule has 6 nitrogen and oxygen atoms in total. The Balaban J connectivity index is 1.33. The Kier molecular flexibility index (Phi) is 5.14. The summed E-state index contributed by atoms with van der Waals surface area (Å²) in [5.41, 5.74) is 2.69. The molecule has 0 aromatic carbocycles. The van der Waals surface area contributed by atoms with Gasteiger partial charge in [0, 0.05) is 48.4 Å². The summed E-state index contributed by atoms with van der Waals surface area (Å²) in [7, 11) is 0. The van der Waals surface area contributed by atoms with Gasteiger partial charge in [0.15, 0.2) is 0 Å². The average Bonchev–Trinajstić information content (AvgIpc) is 3.16. The number of thiophene rings is 1. The number of aryl methyl sites for hydroxylation is 1. The first-order chi connectivity index (χ1) is 13.0. The minimum absolute atomic E-state index is 0.0133. The molecule has 0 saturated carbocycles. The molecule has 0 radical (unpaired) electrons. The van der Waals surface area contributed by atoms with Crippen LogP contribution in [0, 0.1) is 13.8 Å². The van der Waals surface area contributed by atoms with Gasteiger partial charge in [-0.15, -0.1) is 11.3 Å². The highest BCUT2D eigenvalue weighted by atomic mass is 32.1. The molecule has 2 aliphatic heterocycles. The van der Waals surface area contributed by atoms with Crippen molar-refractivity contribution in [2.75, 3.05) is 19.6 Å². The van der Waals surface area contributed by atoms with Crippen molar-refractivity contribution in [2.24, 2.45) is 0 Å². The first-order valence-electron chi connectivity index (χ1n) is 9.62. The Bertz CT molecular complexity index is 896. The number of aromatic nitrogens is 2. The van der Waals surface area contributed by atoms with Crippen LogP contribution in [0.3, 0.4) is 0 Å². The molecular formula is C20H26N4O2S. The molecule has 4 rings (SSSR count). The molecule has 27 heavy (non-hydrogen) atoms. The summed E-state index contributed by atoms with van der Waals surface area (Å²) in [5, 5.41) is 2.19. The molecule has 1 fully saturated rings. The van der Waals surface area contributed by atoms with Crippen LogP contribution in [0.4, 0.5) is 0 Å². The van der Waals surface area contributed by atoms with E-state index in [9.17, 15) is 9.59 Å². The second-order valence-corrected chi connectivity index (χ2v) is 8.59. The quantitative estimate of drug-likeness (QED) is 0.809. The van der Waals surface area contributed by atoms with E-state index in [0.29, 0.717) is 11.6 Å². The highest BCUT2D eigenvalue weighted by molar-refractivity contribution is 7.10. The molecule has 7 heteroatoms. The number of likely N-dealkylation sites (tertiary alicyclic amines) is 1. The van der Waals surface area contributed by atoms with Crippen molar-refractivity contribution in [3.8, 4) is 0 Å². The van der Waals surface area contributed by atoms with E-state index in [1.807, 2.05) is 23.2 Å². The summed E-state index contributed by atoms with van der Waals surface area (Å²) in [6.45, 7) is 7.35. The lowest BCUT2D eigenvalue weighted by Gasteiger charge is -2.40. The van der Waals surface area contributed by atoms with Crippen LogP contribution in [0.5, 0.6) is 0 Å². The topological polar surface area (TPSA) is 58.4 Å². The molecule has 4 heterocycles. The van der Waals surface area contributed by atoms with Gasteiger partial charge in [0.05, 0.1) is 6.33 Å². The van der Waals surface area contributed by atoms with Gasteiger partial charge in [-0.3, -0.25) is 19.1 Å². The lowest BCUT2D eigenvalue weighted by molar-refractivity contribution is -0.133. The Labute approximate surface area is 163 Å². The third kappa shape index (κ3) is 3.71. The Hall–Kier alpha value is -1.99. The average molecular weight is 387 g/mol. The van der Waals surface area contributed by atoms with Crippen molar-refractivity contribution in [1.29, 1.82) is 0 Å². The molecule has 0 bridgehead atoms. The molecule has 0 aliphatic carbocycles. The van der Waals surface area contributed by atoms with E-state index >= 15 is 0 Å². The highest BCUT2D eigenvalue weighted by Gasteiger charge is 2.29. The number of fused-ring (bicyclic) bond motifs is 1. The van der Waals surface area contributed by atoms with E-state index in [4.69, 9.17) is 0 Å². The Morgan fingerprint density at radius 3 is 2.81 bits per heavy atom. The highest BCUT2D eigenvalue weighted by Crippen LogP contribution is 2.28. The molecule has 1 amide bonds. The minimum atomic E-state index is -0.120. The predicted molar refractivity (Wildman–Crippen MR) is 106 cm³/mol. The van der Waals surface area contributed by atoms with E-state index in [2.05, 4.69) is 21.3 Å². The van der Waals surface area contributed by atoms with Gasteiger partial charge in [-0.1, -0.05) is 0 Å². The SMILES string of the molecule is Cc1ncn(CC(=O)N2CCC(N3CCc4sccc4C3)CC2)c(=O)c1C. The van der Waals surface area contributed by atoms with Crippen molar-refractivity contribution >= 4 is 17.2 Å².